The summed E-state index contributed by atoms with van der Waals surface area (Å²) in [5.74, 6) is -0.267. The first-order chi connectivity index (χ1) is 15.1. The molecule has 2 aromatic carbocycles. The summed E-state index contributed by atoms with van der Waals surface area (Å²) in [7, 11) is 1.92. The van der Waals surface area contributed by atoms with Crippen LogP contribution in [0.3, 0.4) is 0 Å². The maximum atomic E-state index is 11.6. The van der Waals surface area contributed by atoms with Gasteiger partial charge in [0.1, 0.15) is 17.9 Å². The quantitative estimate of drug-likeness (QED) is 0.362. The van der Waals surface area contributed by atoms with Crippen LogP contribution in [0.25, 0.3) is 11.1 Å². The van der Waals surface area contributed by atoms with Crippen molar-refractivity contribution in [2.24, 2.45) is 5.92 Å². The number of nitrogens with zero attached hydrogens (tertiary/aromatic N) is 2. The van der Waals surface area contributed by atoms with Crippen molar-refractivity contribution in [3.8, 4) is 5.75 Å². The first-order valence-electron chi connectivity index (χ1n) is 11.1. The summed E-state index contributed by atoms with van der Waals surface area (Å²) in [5.41, 5.74) is 2.63. The molecule has 0 saturated carbocycles. The summed E-state index contributed by atoms with van der Waals surface area (Å²) in [5, 5.41) is 9.51. The average Bonchev–Trinajstić information content (AvgIpc) is 3.21. The zero-order valence-electron chi connectivity index (χ0n) is 18.4. The Hall–Kier alpha value is -3.02. The molecule has 1 heterocycles. The van der Waals surface area contributed by atoms with Crippen LogP contribution in [0.15, 0.2) is 52.9 Å². The molecule has 1 aromatic heterocycles. The van der Waals surface area contributed by atoms with Crippen molar-refractivity contribution in [2.75, 3.05) is 25.1 Å². The van der Waals surface area contributed by atoms with Gasteiger partial charge in [-0.05, 0) is 42.7 Å². The minimum absolute atomic E-state index is 0.325. The molecular formula is C25H32N2O4. The van der Waals surface area contributed by atoms with Crippen LogP contribution in [0.5, 0.6) is 5.75 Å². The van der Waals surface area contributed by atoms with Gasteiger partial charge in [-0.15, -0.1) is 0 Å². The van der Waals surface area contributed by atoms with Gasteiger partial charge in [-0.1, -0.05) is 56.9 Å². The topological polar surface area (TPSA) is 75.8 Å². The van der Waals surface area contributed by atoms with E-state index in [-0.39, 0.29) is 5.92 Å². The van der Waals surface area contributed by atoms with E-state index in [1.54, 1.807) is 0 Å². The summed E-state index contributed by atoms with van der Waals surface area (Å²) in [6.45, 7) is 3.28. The van der Waals surface area contributed by atoms with Gasteiger partial charge < -0.3 is 19.2 Å². The largest absolute Gasteiger partial charge is 0.492 e. The number of carboxylic acid groups (broad SMARTS) is 1. The number of unbranched alkanes of at least 4 members (excludes halogenated alkanes) is 3. The lowest BCUT2D eigenvalue weighted by Gasteiger charge is -2.15. The Morgan fingerprint density at radius 2 is 1.90 bits per heavy atom. The van der Waals surface area contributed by atoms with Crippen molar-refractivity contribution in [1.29, 1.82) is 0 Å². The van der Waals surface area contributed by atoms with Crippen molar-refractivity contribution in [1.82, 2.24) is 4.98 Å². The van der Waals surface area contributed by atoms with Gasteiger partial charge in [0.05, 0.1) is 12.5 Å². The molecule has 1 N–H and O–H groups in total. The molecule has 31 heavy (non-hydrogen) atoms. The molecule has 1 unspecified atom stereocenters. The Labute approximate surface area is 183 Å². The molecule has 0 bridgehead atoms. The average molecular weight is 425 g/mol. The first kappa shape index (κ1) is 22.7. The van der Waals surface area contributed by atoms with E-state index in [9.17, 15) is 9.90 Å². The third-order valence-electron chi connectivity index (χ3n) is 5.47. The number of hydrogen-bond acceptors (Lipinski definition) is 5. The third-order valence-corrected chi connectivity index (χ3v) is 5.47. The highest BCUT2D eigenvalue weighted by Gasteiger charge is 2.17. The number of benzene rings is 2. The summed E-state index contributed by atoms with van der Waals surface area (Å²) in [4.78, 5) is 18.0. The van der Waals surface area contributed by atoms with Gasteiger partial charge in [0.2, 0.25) is 0 Å². The lowest BCUT2D eigenvalue weighted by atomic mass is 9.93. The highest BCUT2D eigenvalue weighted by molar-refractivity contribution is 5.74. The number of oxazole rings is 1. The Bertz CT molecular complexity index is 919. The van der Waals surface area contributed by atoms with E-state index in [2.05, 4.69) is 11.9 Å². The Balaban J connectivity index is 1.45. The van der Waals surface area contributed by atoms with Crippen LogP contribution < -0.4 is 9.64 Å². The minimum atomic E-state index is -0.709. The second-order valence-corrected chi connectivity index (χ2v) is 7.97. The standard InChI is InChI=1S/C25H32N2O4/c1-3-4-5-6-9-20(24(28)29)18-19-12-14-21(15-13-19)30-17-16-27(2)25-26-22-10-7-8-11-23(22)31-25/h7-8,10-15,20H,3-6,9,16-18H2,1-2H3,(H,28,29). The van der Waals surface area contributed by atoms with Crippen LogP contribution in [0.4, 0.5) is 6.01 Å². The number of anilines is 1. The normalized spacial score (nSPS) is 12.1. The summed E-state index contributed by atoms with van der Waals surface area (Å²) < 4.78 is 11.6. The molecule has 0 spiro atoms. The minimum Gasteiger partial charge on any atom is -0.492 e. The van der Waals surface area contributed by atoms with Gasteiger partial charge in [-0.3, -0.25) is 4.79 Å². The fourth-order valence-electron chi connectivity index (χ4n) is 3.56. The lowest BCUT2D eigenvalue weighted by molar-refractivity contribution is -0.142. The molecule has 0 fully saturated rings. The monoisotopic (exact) mass is 424 g/mol. The number of aliphatic carboxylic acids is 1. The number of likely N-dealkylation sites (N-methyl/N-ethyl adjacent to an activating group) is 1. The van der Waals surface area contributed by atoms with E-state index < -0.39 is 5.97 Å². The molecule has 0 aliphatic carbocycles. The van der Waals surface area contributed by atoms with Gasteiger partial charge in [-0.2, -0.15) is 4.98 Å². The van der Waals surface area contributed by atoms with Gasteiger partial charge in [0, 0.05) is 7.05 Å². The number of carboxylic acids is 1. The Morgan fingerprint density at radius 1 is 1.13 bits per heavy atom. The highest BCUT2D eigenvalue weighted by Crippen LogP contribution is 2.21. The molecule has 1 atom stereocenters. The molecule has 166 valence electrons. The van der Waals surface area contributed by atoms with E-state index in [0.29, 0.717) is 25.6 Å². The van der Waals surface area contributed by atoms with Gasteiger partial charge >= 0.3 is 5.97 Å². The number of carbonyl (C=O) groups is 1. The number of aromatic nitrogens is 1. The zero-order valence-corrected chi connectivity index (χ0v) is 18.4. The van der Waals surface area contributed by atoms with E-state index in [1.165, 1.54) is 6.42 Å². The van der Waals surface area contributed by atoms with Crippen molar-refractivity contribution in [3.63, 3.8) is 0 Å². The highest BCUT2D eigenvalue weighted by atomic mass is 16.5. The number of para-hydroxylation sites is 2. The fourth-order valence-corrected chi connectivity index (χ4v) is 3.56. The predicted octanol–water partition coefficient (Wildman–Crippen LogP) is 5.56. The smallest absolute Gasteiger partial charge is 0.306 e. The summed E-state index contributed by atoms with van der Waals surface area (Å²) >= 11 is 0. The van der Waals surface area contributed by atoms with Crippen LogP contribution in [0.2, 0.25) is 0 Å². The third kappa shape index (κ3) is 6.74. The van der Waals surface area contributed by atoms with Crippen molar-refractivity contribution < 1.29 is 19.1 Å². The Morgan fingerprint density at radius 3 is 2.61 bits per heavy atom. The predicted molar refractivity (Wildman–Crippen MR) is 123 cm³/mol. The molecule has 0 radical (unpaired) electrons. The van der Waals surface area contributed by atoms with Crippen molar-refractivity contribution in [3.05, 3.63) is 54.1 Å². The maximum Gasteiger partial charge on any atom is 0.306 e. The maximum absolute atomic E-state index is 11.6. The summed E-state index contributed by atoms with van der Waals surface area (Å²) in [6, 6.07) is 16.0. The molecule has 3 rings (SSSR count). The Kier molecular flexibility index (Phi) is 8.33. The van der Waals surface area contributed by atoms with Gasteiger partial charge in [0.15, 0.2) is 5.58 Å². The SMILES string of the molecule is CCCCCCC(Cc1ccc(OCCN(C)c2nc3ccccc3o2)cc1)C(=O)O. The van der Waals surface area contributed by atoms with Crippen LogP contribution in [0.1, 0.15) is 44.6 Å². The number of hydrogen-bond donors (Lipinski definition) is 1. The van der Waals surface area contributed by atoms with Crippen LogP contribution >= 0.6 is 0 Å². The lowest BCUT2D eigenvalue weighted by Crippen LogP contribution is -2.24. The van der Waals surface area contributed by atoms with Gasteiger partial charge in [-0.25, -0.2) is 0 Å². The number of rotatable bonds is 13. The van der Waals surface area contributed by atoms with Gasteiger partial charge in [0.25, 0.3) is 6.01 Å². The van der Waals surface area contributed by atoms with E-state index >= 15 is 0 Å². The number of fused-ring (bicyclic) bond motifs is 1. The molecular weight excluding hydrogens is 392 g/mol. The molecule has 0 aliphatic rings. The molecule has 0 amide bonds. The second-order valence-electron chi connectivity index (χ2n) is 7.97. The van der Waals surface area contributed by atoms with Crippen molar-refractivity contribution in [2.45, 2.75) is 45.4 Å². The van der Waals surface area contributed by atoms with Crippen LogP contribution in [0, 0.1) is 5.92 Å². The van der Waals surface area contributed by atoms with E-state index in [0.717, 1.165) is 48.1 Å². The van der Waals surface area contributed by atoms with E-state index in [1.807, 2.05) is 60.5 Å². The molecule has 3 aromatic rings. The van der Waals surface area contributed by atoms with Crippen LogP contribution in [-0.2, 0) is 11.2 Å². The fraction of sp³-hybridized carbons (Fsp3) is 0.440. The molecule has 6 nitrogen and oxygen atoms in total. The van der Waals surface area contributed by atoms with Crippen molar-refractivity contribution >= 4 is 23.1 Å². The molecule has 0 aliphatic heterocycles. The molecule has 6 heteroatoms. The van der Waals surface area contributed by atoms with Crippen LogP contribution in [-0.4, -0.2) is 36.3 Å². The first-order valence-corrected chi connectivity index (χ1v) is 11.1. The molecule has 0 saturated heterocycles. The zero-order chi connectivity index (χ0) is 22.1. The summed E-state index contributed by atoms with van der Waals surface area (Å²) in [6.07, 6.45) is 5.69. The number of ether oxygens (including phenoxy) is 1. The second kappa shape index (κ2) is 11.4. The van der Waals surface area contributed by atoms with E-state index in [4.69, 9.17) is 9.15 Å².